The molecule has 2 aromatic rings. The first kappa shape index (κ1) is 18.1. The van der Waals surface area contributed by atoms with Crippen LogP contribution in [0.15, 0.2) is 48.5 Å². The van der Waals surface area contributed by atoms with Crippen molar-refractivity contribution in [2.75, 3.05) is 32.2 Å². The van der Waals surface area contributed by atoms with Crippen molar-refractivity contribution in [3.8, 4) is 5.75 Å². The number of aliphatic hydroxyl groups excluding tert-OH is 1. The van der Waals surface area contributed by atoms with Crippen LogP contribution in [0.25, 0.3) is 0 Å². The van der Waals surface area contributed by atoms with Crippen LogP contribution in [0.1, 0.15) is 18.0 Å². The minimum absolute atomic E-state index is 0.185. The predicted octanol–water partition coefficient (Wildman–Crippen LogP) is 3.50. The number of hydrogen-bond donors (Lipinski definition) is 2. The Labute approximate surface area is 154 Å². The summed E-state index contributed by atoms with van der Waals surface area (Å²) in [5, 5.41) is 13.8. The van der Waals surface area contributed by atoms with Crippen molar-refractivity contribution in [2.45, 2.75) is 18.5 Å². The number of methoxy groups -OCH3 is 1. The predicted molar refractivity (Wildman–Crippen MR) is 103 cm³/mol. The Morgan fingerprint density at radius 1 is 1.24 bits per heavy atom. The van der Waals surface area contributed by atoms with E-state index in [9.17, 15) is 5.11 Å². The molecule has 0 amide bonds. The Balaban J connectivity index is 1.98. The van der Waals surface area contributed by atoms with Gasteiger partial charge >= 0.3 is 0 Å². The highest BCUT2D eigenvalue weighted by molar-refractivity contribution is 6.30. The highest BCUT2D eigenvalue weighted by Gasteiger charge is 2.39. The summed E-state index contributed by atoms with van der Waals surface area (Å²) >= 11 is 6.24. The molecule has 0 spiro atoms. The van der Waals surface area contributed by atoms with Gasteiger partial charge in [0.2, 0.25) is 0 Å². The third-order valence-electron chi connectivity index (χ3n) is 5.05. The maximum Gasteiger partial charge on any atom is 0.142 e. The zero-order valence-corrected chi connectivity index (χ0v) is 15.4. The van der Waals surface area contributed by atoms with Crippen LogP contribution in [0.5, 0.6) is 5.75 Å². The van der Waals surface area contributed by atoms with Crippen LogP contribution >= 0.6 is 11.6 Å². The fourth-order valence-electron chi connectivity index (χ4n) is 3.85. The first-order chi connectivity index (χ1) is 12.2. The minimum Gasteiger partial charge on any atom is -0.495 e. The van der Waals surface area contributed by atoms with E-state index in [2.05, 4.69) is 41.5 Å². The number of aliphatic hydroxyl groups is 1. The quantitative estimate of drug-likeness (QED) is 0.827. The monoisotopic (exact) mass is 360 g/mol. The van der Waals surface area contributed by atoms with Crippen LogP contribution in [0.3, 0.4) is 0 Å². The summed E-state index contributed by atoms with van der Waals surface area (Å²) in [4.78, 5) is 2.24. The number of nitrogens with zero attached hydrogens (tertiary/aromatic N) is 1. The molecule has 1 aliphatic heterocycles. The molecule has 0 aromatic heterocycles. The summed E-state index contributed by atoms with van der Waals surface area (Å²) in [6.45, 7) is 1.06. The number of anilines is 1. The number of rotatable bonds is 6. The van der Waals surface area contributed by atoms with E-state index >= 15 is 0 Å². The van der Waals surface area contributed by atoms with E-state index in [1.807, 2.05) is 24.3 Å². The van der Waals surface area contributed by atoms with E-state index in [1.54, 1.807) is 7.11 Å². The minimum atomic E-state index is 0.185. The lowest BCUT2D eigenvalue weighted by Gasteiger charge is -2.35. The van der Waals surface area contributed by atoms with Crippen molar-refractivity contribution in [2.24, 2.45) is 5.92 Å². The Morgan fingerprint density at radius 2 is 2.00 bits per heavy atom. The van der Waals surface area contributed by atoms with Crippen LogP contribution in [0, 0.1) is 5.92 Å². The maximum absolute atomic E-state index is 9.51. The molecule has 1 saturated heterocycles. The average molecular weight is 361 g/mol. The second-order valence-corrected chi connectivity index (χ2v) is 6.92. The lowest BCUT2D eigenvalue weighted by atomic mass is 9.90. The van der Waals surface area contributed by atoms with E-state index in [0.29, 0.717) is 10.9 Å². The molecular formula is C20H25ClN2O2. The molecule has 2 N–H and O–H groups in total. The van der Waals surface area contributed by atoms with Gasteiger partial charge in [-0.1, -0.05) is 41.9 Å². The molecule has 0 radical (unpaired) electrons. The van der Waals surface area contributed by atoms with Crippen molar-refractivity contribution in [3.63, 3.8) is 0 Å². The molecule has 4 nitrogen and oxygen atoms in total. The normalized spacial score (nSPS) is 22.8. The smallest absolute Gasteiger partial charge is 0.142 e. The molecule has 5 heteroatoms. The van der Waals surface area contributed by atoms with Gasteiger partial charge in [0.05, 0.1) is 24.9 Å². The van der Waals surface area contributed by atoms with Crippen LogP contribution < -0.4 is 15.0 Å². The second-order valence-electron chi connectivity index (χ2n) is 6.49. The highest BCUT2D eigenvalue weighted by atomic mass is 35.5. The van der Waals surface area contributed by atoms with E-state index in [1.165, 1.54) is 5.56 Å². The first-order valence-electron chi connectivity index (χ1n) is 8.61. The van der Waals surface area contributed by atoms with Crippen molar-refractivity contribution in [1.29, 1.82) is 0 Å². The zero-order chi connectivity index (χ0) is 17.8. The highest BCUT2D eigenvalue weighted by Crippen LogP contribution is 2.39. The zero-order valence-electron chi connectivity index (χ0n) is 14.7. The maximum atomic E-state index is 9.51. The lowest BCUT2D eigenvalue weighted by molar-refractivity contribution is 0.252. The fourth-order valence-corrected chi connectivity index (χ4v) is 4.01. The number of likely N-dealkylation sites (N-methyl/N-ethyl adjacent to an activating group) is 1. The lowest BCUT2D eigenvalue weighted by Crippen LogP contribution is -2.40. The number of benzene rings is 2. The molecule has 0 saturated carbocycles. The molecule has 1 fully saturated rings. The standard InChI is InChI=1S/C20H25ClN2O2/c1-23(17-12-16(21)8-9-18(17)25-2)20-15(10-11-24)13-22-19(20)14-6-4-3-5-7-14/h3-9,12,15,19-20,22,24H,10-11,13H2,1-2H3. The summed E-state index contributed by atoms with van der Waals surface area (Å²) in [6, 6.07) is 16.5. The van der Waals surface area contributed by atoms with Gasteiger partial charge < -0.3 is 20.1 Å². The first-order valence-corrected chi connectivity index (χ1v) is 8.99. The van der Waals surface area contributed by atoms with Gasteiger partial charge in [-0.25, -0.2) is 0 Å². The van der Waals surface area contributed by atoms with E-state index < -0.39 is 0 Å². The molecular weight excluding hydrogens is 336 g/mol. The molecule has 1 aliphatic rings. The summed E-state index contributed by atoms with van der Waals surface area (Å²) < 4.78 is 5.55. The van der Waals surface area contributed by atoms with Crippen molar-refractivity contribution in [3.05, 3.63) is 59.1 Å². The van der Waals surface area contributed by atoms with Gasteiger partial charge in [0.15, 0.2) is 0 Å². The van der Waals surface area contributed by atoms with Crippen LogP contribution in [0.2, 0.25) is 5.02 Å². The molecule has 2 aromatic carbocycles. The fraction of sp³-hybridized carbons (Fsp3) is 0.400. The Morgan fingerprint density at radius 3 is 2.68 bits per heavy atom. The van der Waals surface area contributed by atoms with Gasteiger partial charge in [0.1, 0.15) is 5.75 Å². The van der Waals surface area contributed by atoms with Crippen molar-refractivity contribution in [1.82, 2.24) is 5.32 Å². The largest absolute Gasteiger partial charge is 0.495 e. The molecule has 3 rings (SSSR count). The molecule has 3 atom stereocenters. The summed E-state index contributed by atoms with van der Waals surface area (Å²) in [5.41, 5.74) is 2.22. The Kier molecular flexibility index (Phi) is 5.84. The van der Waals surface area contributed by atoms with E-state index in [0.717, 1.165) is 24.4 Å². The van der Waals surface area contributed by atoms with Crippen molar-refractivity contribution < 1.29 is 9.84 Å². The molecule has 25 heavy (non-hydrogen) atoms. The number of halogens is 1. The van der Waals surface area contributed by atoms with Gasteiger partial charge in [-0.3, -0.25) is 0 Å². The SMILES string of the molecule is COc1ccc(Cl)cc1N(C)C1C(CCO)CNC1c1ccccc1. The van der Waals surface area contributed by atoms with Crippen LogP contribution in [0.4, 0.5) is 5.69 Å². The third-order valence-corrected chi connectivity index (χ3v) is 5.29. The van der Waals surface area contributed by atoms with Crippen molar-refractivity contribution >= 4 is 17.3 Å². The second kappa shape index (κ2) is 8.09. The molecule has 134 valence electrons. The summed E-state index contributed by atoms with van der Waals surface area (Å²) in [5.74, 6) is 1.14. The Hall–Kier alpha value is -1.75. The van der Waals surface area contributed by atoms with Crippen LogP contribution in [-0.2, 0) is 0 Å². The average Bonchev–Trinajstić information content (AvgIpc) is 3.06. The van der Waals surface area contributed by atoms with Gasteiger partial charge in [0, 0.05) is 25.2 Å². The number of nitrogens with one attached hydrogen (secondary N) is 1. The Bertz CT molecular complexity index is 695. The van der Waals surface area contributed by atoms with Crippen LogP contribution in [-0.4, -0.2) is 38.5 Å². The van der Waals surface area contributed by atoms with Gasteiger partial charge in [-0.15, -0.1) is 0 Å². The molecule has 1 heterocycles. The molecule has 0 aliphatic carbocycles. The van der Waals surface area contributed by atoms with E-state index in [-0.39, 0.29) is 18.7 Å². The summed E-state index contributed by atoms with van der Waals surface area (Å²) in [7, 11) is 3.75. The number of hydrogen-bond acceptors (Lipinski definition) is 4. The van der Waals surface area contributed by atoms with Gasteiger partial charge in [0.25, 0.3) is 0 Å². The van der Waals surface area contributed by atoms with Gasteiger partial charge in [-0.2, -0.15) is 0 Å². The van der Waals surface area contributed by atoms with E-state index in [4.69, 9.17) is 16.3 Å². The molecule has 0 bridgehead atoms. The third kappa shape index (κ3) is 3.76. The topological polar surface area (TPSA) is 44.7 Å². The summed E-state index contributed by atoms with van der Waals surface area (Å²) in [6.07, 6.45) is 0.758. The van der Waals surface area contributed by atoms with Gasteiger partial charge in [-0.05, 0) is 36.1 Å². The number of ether oxygens (including phenoxy) is 1. The molecule has 3 unspecified atom stereocenters.